The highest BCUT2D eigenvalue weighted by atomic mass is 32.1. The smallest absolute Gasteiger partial charge is 0.214 e. The minimum absolute atomic E-state index is 0.363. The average molecular weight is 364 g/mol. The van der Waals surface area contributed by atoms with Crippen molar-refractivity contribution < 1.29 is 5.11 Å². The second-order valence-electron chi connectivity index (χ2n) is 6.43. The van der Waals surface area contributed by atoms with Crippen molar-refractivity contribution in [3.8, 4) is 0 Å². The fourth-order valence-electron chi connectivity index (χ4n) is 3.05. The van der Waals surface area contributed by atoms with E-state index < -0.39 is 5.60 Å². The Morgan fingerprint density at radius 1 is 1.08 bits per heavy atom. The molecule has 2 N–H and O–H groups in total. The highest BCUT2D eigenvalue weighted by Gasteiger charge is 2.30. The van der Waals surface area contributed by atoms with E-state index in [0.717, 1.165) is 26.9 Å². The minimum Gasteiger partial charge on any atom is -0.383 e. The lowest BCUT2D eigenvalue weighted by atomic mass is 9.87. The van der Waals surface area contributed by atoms with Crippen molar-refractivity contribution in [1.82, 2.24) is 14.6 Å². The van der Waals surface area contributed by atoms with Gasteiger partial charge in [0.15, 0.2) is 0 Å². The van der Waals surface area contributed by atoms with E-state index in [1.54, 1.807) is 4.52 Å². The predicted octanol–water partition coefficient (Wildman–Crippen LogP) is 3.64. The molecule has 0 fully saturated rings. The molecule has 0 saturated heterocycles. The lowest BCUT2D eigenvalue weighted by molar-refractivity contribution is 0.0508. The molecule has 2 heterocycles. The van der Waals surface area contributed by atoms with Crippen LogP contribution in [0.4, 0.5) is 5.13 Å². The highest BCUT2D eigenvalue weighted by Crippen LogP contribution is 2.28. The van der Waals surface area contributed by atoms with Crippen LogP contribution in [0.15, 0.2) is 66.9 Å². The molecule has 0 aliphatic rings. The van der Waals surface area contributed by atoms with Crippen LogP contribution in [0.3, 0.4) is 0 Å². The summed E-state index contributed by atoms with van der Waals surface area (Å²) in [6.45, 7) is 2.31. The van der Waals surface area contributed by atoms with Crippen molar-refractivity contribution in [3.63, 3.8) is 0 Å². The molecule has 0 saturated carbocycles. The van der Waals surface area contributed by atoms with E-state index in [-0.39, 0.29) is 0 Å². The summed E-state index contributed by atoms with van der Waals surface area (Å²) in [5, 5.41) is 20.0. The summed E-state index contributed by atoms with van der Waals surface area (Å²) in [4.78, 5) is 5.26. The van der Waals surface area contributed by atoms with Gasteiger partial charge in [-0.3, -0.25) is 0 Å². The molecule has 26 heavy (non-hydrogen) atoms. The molecule has 6 heteroatoms. The van der Waals surface area contributed by atoms with Gasteiger partial charge in [-0.1, -0.05) is 72.0 Å². The van der Waals surface area contributed by atoms with Gasteiger partial charge in [0.1, 0.15) is 5.60 Å². The van der Waals surface area contributed by atoms with Crippen LogP contribution >= 0.6 is 11.3 Å². The van der Waals surface area contributed by atoms with Gasteiger partial charge in [-0.25, -0.2) is 9.50 Å². The first-order valence-corrected chi connectivity index (χ1v) is 9.33. The van der Waals surface area contributed by atoms with Crippen LogP contribution in [0.5, 0.6) is 0 Å². The van der Waals surface area contributed by atoms with Crippen molar-refractivity contribution in [3.05, 3.63) is 83.7 Å². The van der Waals surface area contributed by atoms with Crippen molar-refractivity contribution in [2.75, 3.05) is 11.9 Å². The molecule has 2 aromatic heterocycles. The van der Waals surface area contributed by atoms with Crippen molar-refractivity contribution >= 4 is 21.4 Å². The Morgan fingerprint density at radius 2 is 1.77 bits per heavy atom. The fourth-order valence-corrected chi connectivity index (χ4v) is 3.87. The summed E-state index contributed by atoms with van der Waals surface area (Å²) in [5.41, 5.74) is 1.88. The van der Waals surface area contributed by atoms with Crippen molar-refractivity contribution in [2.45, 2.75) is 18.9 Å². The monoisotopic (exact) mass is 364 g/mol. The minimum atomic E-state index is -1.04. The van der Waals surface area contributed by atoms with Crippen LogP contribution in [-0.4, -0.2) is 26.2 Å². The van der Waals surface area contributed by atoms with Gasteiger partial charge in [-0.2, -0.15) is 0 Å². The Hall–Kier alpha value is -2.70. The summed E-state index contributed by atoms with van der Waals surface area (Å²) < 4.78 is 1.76. The van der Waals surface area contributed by atoms with E-state index in [9.17, 15) is 5.11 Å². The first-order chi connectivity index (χ1) is 12.6. The third-order valence-corrected chi connectivity index (χ3v) is 5.23. The summed E-state index contributed by atoms with van der Waals surface area (Å²) >= 11 is 1.48. The Balaban J connectivity index is 1.58. The van der Waals surface area contributed by atoms with Gasteiger partial charge in [0.2, 0.25) is 10.1 Å². The van der Waals surface area contributed by atoms with Gasteiger partial charge in [-0.15, -0.1) is 5.10 Å². The maximum Gasteiger partial charge on any atom is 0.214 e. The number of rotatable bonds is 6. The SMILES string of the molecule is Cc1cn2nc(NC[C@@](O)(Cc3ccccc3)c3ccccc3)sc2n1. The molecule has 0 amide bonds. The molecule has 0 spiro atoms. The van der Waals surface area contributed by atoms with Crippen LogP contribution < -0.4 is 5.32 Å². The summed E-state index contributed by atoms with van der Waals surface area (Å²) in [7, 11) is 0. The molecule has 4 aromatic rings. The second-order valence-corrected chi connectivity index (χ2v) is 7.39. The number of benzene rings is 2. The zero-order valence-electron chi connectivity index (χ0n) is 14.5. The van der Waals surface area contributed by atoms with Crippen LogP contribution in [0.2, 0.25) is 0 Å². The van der Waals surface area contributed by atoms with E-state index in [4.69, 9.17) is 0 Å². The number of nitrogens with one attached hydrogen (secondary N) is 1. The first kappa shape index (κ1) is 16.8. The first-order valence-electron chi connectivity index (χ1n) is 8.51. The van der Waals surface area contributed by atoms with E-state index >= 15 is 0 Å². The average Bonchev–Trinajstić information content (AvgIpc) is 3.18. The fraction of sp³-hybridized carbons (Fsp3) is 0.200. The number of hydrogen-bond donors (Lipinski definition) is 2. The Labute approximate surface area is 156 Å². The molecule has 0 unspecified atom stereocenters. The van der Waals surface area contributed by atoms with E-state index in [1.807, 2.05) is 73.8 Å². The number of anilines is 1. The molecular weight excluding hydrogens is 344 g/mol. The van der Waals surface area contributed by atoms with Crippen LogP contribution in [0.1, 0.15) is 16.8 Å². The molecule has 0 aliphatic heterocycles. The Kier molecular flexibility index (Phi) is 4.44. The molecule has 0 radical (unpaired) electrons. The number of aliphatic hydroxyl groups is 1. The van der Waals surface area contributed by atoms with E-state index in [0.29, 0.717) is 13.0 Å². The highest BCUT2D eigenvalue weighted by molar-refractivity contribution is 7.20. The maximum absolute atomic E-state index is 11.5. The molecule has 5 nitrogen and oxygen atoms in total. The van der Waals surface area contributed by atoms with Crippen LogP contribution in [0, 0.1) is 6.92 Å². The molecule has 0 aliphatic carbocycles. The van der Waals surface area contributed by atoms with Gasteiger partial charge in [0.05, 0.1) is 18.4 Å². The normalized spacial score (nSPS) is 13.6. The van der Waals surface area contributed by atoms with Gasteiger partial charge >= 0.3 is 0 Å². The third-order valence-electron chi connectivity index (χ3n) is 4.35. The maximum atomic E-state index is 11.5. The standard InChI is InChI=1S/C20H20N4OS/c1-15-13-24-19(22-15)26-18(23-24)21-14-20(25,17-10-6-3-7-11-17)12-16-8-4-2-5-9-16/h2-11,13,25H,12,14H2,1H3,(H,21,23)/t20-/m0/s1. The quantitative estimate of drug-likeness (QED) is 0.548. The topological polar surface area (TPSA) is 62.5 Å². The summed E-state index contributed by atoms with van der Waals surface area (Å²) in [6.07, 6.45) is 2.41. The lowest BCUT2D eigenvalue weighted by Gasteiger charge is -2.29. The summed E-state index contributed by atoms with van der Waals surface area (Å²) in [6, 6.07) is 19.8. The molecule has 2 aromatic carbocycles. The zero-order chi connectivity index (χ0) is 18.0. The van der Waals surface area contributed by atoms with Crippen molar-refractivity contribution in [1.29, 1.82) is 0 Å². The van der Waals surface area contributed by atoms with Crippen LogP contribution in [-0.2, 0) is 12.0 Å². The number of hydrogen-bond acceptors (Lipinski definition) is 5. The Morgan fingerprint density at radius 3 is 2.46 bits per heavy atom. The lowest BCUT2D eigenvalue weighted by Crippen LogP contribution is -2.36. The van der Waals surface area contributed by atoms with E-state index in [2.05, 4.69) is 15.4 Å². The number of fused-ring (bicyclic) bond motifs is 1. The van der Waals surface area contributed by atoms with Gasteiger partial charge < -0.3 is 10.4 Å². The van der Waals surface area contributed by atoms with E-state index in [1.165, 1.54) is 11.3 Å². The predicted molar refractivity (Wildman–Crippen MR) is 105 cm³/mol. The Bertz CT molecular complexity index is 965. The van der Waals surface area contributed by atoms with Crippen molar-refractivity contribution in [2.24, 2.45) is 0 Å². The van der Waals surface area contributed by atoms with Gasteiger partial charge in [-0.05, 0) is 18.1 Å². The largest absolute Gasteiger partial charge is 0.383 e. The number of aromatic nitrogens is 3. The summed E-state index contributed by atoms with van der Waals surface area (Å²) in [5.74, 6) is 0. The third kappa shape index (κ3) is 3.47. The molecule has 4 rings (SSSR count). The van der Waals surface area contributed by atoms with Gasteiger partial charge in [0.25, 0.3) is 0 Å². The number of aryl methyl sites for hydroxylation is 1. The second kappa shape index (κ2) is 6.90. The molecule has 0 bridgehead atoms. The molecule has 1 atom stereocenters. The zero-order valence-corrected chi connectivity index (χ0v) is 15.3. The molecular formula is C20H20N4OS. The number of nitrogens with zero attached hydrogens (tertiary/aromatic N) is 3. The molecule has 132 valence electrons. The van der Waals surface area contributed by atoms with Crippen LogP contribution in [0.25, 0.3) is 4.96 Å². The van der Waals surface area contributed by atoms with Gasteiger partial charge in [0, 0.05) is 6.42 Å². The number of imidazole rings is 1.